The van der Waals surface area contributed by atoms with Crippen molar-refractivity contribution < 1.29 is 9.53 Å². The molecule has 0 radical (unpaired) electrons. The predicted octanol–water partition coefficient (Wildman–Crippen LogP) is 3.78. The van der Waals surface area contributed by atoms with Crippen molar-refractivity contribution >= 4 is 22.8 Å². The van der Waals surface area contributed by atoms with E-state index in [4.69, 9.17) is 4.74 Å². The van der Waals surface area contributed by atoms with Crippen molar-refractivity contribution in [2.75, 3.05) is 5.32 Å². The molecular weight excluding hydrogens is 444 g/mol. The second-order valence-electron chi connectivity index (χ2n) is 8.07. The van der Waals surface area contributed by atoms with Crippen molar-refractivity contribution in [3.63, 3.8) is 0 Å². The zero-order chi connectivity index (χ0) is 24.2. The van der Waals surface area contributed by atoms with Gasteiger partial charge in [-0.3, -0.25) is 14.2 Å². The minimum absolute atomic E-state index is 0.120. The molecule has 0 aliphatic heterocycles. The number of para-hydroxylation sites is 1. The normalized spacial score (nSPS) is 10.9. The first-order valence-corrected chi connectivity index (χ1v) is 11.0. The van der Waals surface area contributed by atoms with Crippen LogP contribution in [0.1, 0.15) is 11.1 Å². The molecule has 0 atom stereocenters. The maximum atomic E-state index is 12.9. The summed E-state index contributed by atoms with van der Waals surface area (Å²) in [5.41, 5.74) is 2.84. The molecule has 9 heteroatoms. The largest absolute Gasteiger partial charge is 0.457 e. The maximum Gasteiger partial charge on any atom is 0.283 e. The molecule has 5 rings (SSSR count). The van der Waals surface area contributed by atoms with Crippen LogP contribution in [-0.4, -0.2) is 30.5 Å². The van der Waals surface area contributed by atoms with E-state index in [1.165, 1.54) is 10.9 Å². The number of ether oxygens (including phenoxy) is 1. The first-order chi connectivity index (χ1) is 17.0. The Morgan fingerprint density at radius 1 is 0.943 bits per heavy atom. The number of benzene rings is 3. The lowest BCUT2D eigenvalue weighted by molar-refractivity contribution is -0.116. The third-order valence-electron chi connectivity index (χ3n) is 5.38. The van der Waals surface area contributed by atoms with Crippen LogP contribution in [0.25, 0.3) is 11.2 Å². The van der Waals surface area contributed by atoms with Gasteiger partial charge in [-0.2, -0.15) is 0 Å². The quantitative estimate of drug-likeness (QED) is 0.392. The van der Waals surface area contributed by atoms with Gasteiger partial charge in [0.2, 0.25) is 5.91 Å². The number of carbonyl (C=O) groups excluding carboxylic acids is 1. The Hall–Kier alpha value is -4.79. The van der Waals surface area contributed by atoms with Crippen LogP contribution in [0.2, 0.25) is 0 Å². The van der Waals surface area contributed by atoms with Gasteiger partial charge in [0.15, 0.2) is 11.2 Å². The van der Waals surface area contributed by atoms with Crippen molar-refractivity contribution in [2.24, 2.45) is 0 Å². The highest BCUT2D eigenvalue weighted by atomic mass is 16.5. The van der Waals surface area contributed by atoms with Gasteiger partial charge >= 0.3 is 0 Å². The highest BCUT2D eigenvalue weighted by molar-refractivity contribution is 5.90. The van der Waals surface area contributed by atoms with Gasteiger partial charge in [0, 0.05) is 5.69 Å². The monoisotopic (exact) mass is 466 g/mol. The van der Waals surface area contributed by atoms with Crippen LogP contribution in [-0.2, 0) is 17.9 Å². The average Bonchev–Trinajstić information content (AvgIpc) is 3.27. The van der Waals surface area contributed by atoms with Crippen LogP contribution in [0, 0.1) is 6.92 Å². The summed E-state index contributed by atoms with van der Waals surface area (Å²) in [5, 5.41) is 10.9. The molecular formula is C26H22N6O3. The Morgan fingerprint density at radius 3 is 2.40 bits per heavy atom. The van der Waals surface area contributed by atoms with Gasteiger partial charge in [-0.15, -0.1) is 5.10 Å². The van der Waals surface area contributed by atoms with Crippen molar-refractivity contribution in [2.45, 2.75) is 20.0 Å². The third kappa shape index (κ3) is 5.09. The molecule has 9 nitrogen and oxygen atoms in total. The van der Waals surface area contributed by atoms with Crippen LogP contribution < -0.4 is 15.6 Å². The Labute approximate surface area is 200 Å². The predicted molar refractivity (Wildman–Crippen MR) is 131 cm³/mol. The van der Waals surface area contributed by atoms with Gasteiger partial charge in [0.05, 0.1) is 6.54 Å². The number of carbonyl (C=O) groups is 1. The van der Waals surface area contributed by atoms with Crippen molar-refractivity contribution in [1.82, 2.24) is 24.5 Å². The number of amides is 1. The van der Waals surface area contributed by atoms with Crippen LogP contribution in [0.4, 0.5) is 5.69 Å². The van der Waals surface area contributed by atoms with Gasteiger partial charge < -0.3 is 10.1 Å². The van der Waals surface area contributed by atoms with Gasteiger partial charge in [0.1, 0.15) is 24.4 Å². The minimum Gasteiger partial charge on any atom is -0.457 e. The fourth-order valence-electron chi connectivity index (χ4n) is 3.56. The summed E-state index contributed by atoms with van der Waals surface area (Å²) in [6.45, 7) is 2.26. The summed E-state index contributed by atoms with van der Waals surface area (Å²) in [4.78, 5) is 29.7. The molecule has 0 unspecified atom stereocenters. The van der Waals surface area contributed by atoms with E-state index in [0.29, 0.717) is 23.6 Å². The smallest absolute Gasteiger partial charge is 0.283 e. The number of aryl methyl sites for hydroxylation is 1. The van der Waals surface area contributed by atoms with Crippen LogP contribution >= 0.6 is 0 Å². The minimum atomic E-state index is -0.424. The highest BCUT2D eigenvalue weighted by Gasteiger charge is 2.14. The lowest BCUT2D eigenvalue weighted by atomic mass is 10.1. The highest BCUT2D eigenvalue weighted by Crippen LogP contribution is 2.22. The van der Waals surface area contributed by atoms with E-state index >= 15 is 0 Å². The maximum absolute atomic E-state index is 12.9. The summed E-state index contributed by atoms with van der Waals surface area (Å²) in [6, 6.07) is 24.4. The van der Waals surface area contributed by atoms with Crippen LogP contribution in [0.5, 0.6) is 11.5 Å². The Morgan fingerprint density at radius 2 is 1.66 bits per heavy atom. The molecule has 2 aromatic heterocycles. The molecule has 0 aliphatic rings. The van der Waals surface area contributed by atoms with Crippen molar-refractivity contribution in [3.8, 4) is 11.5 Å². The molecule has 35 heavy (non-hydrogen) atoms. The molecule has 1 amide bonds. The lowest BCUT2D eigenvalue weighted by Gasteiger charge is -2.09. The summed E-state index contributed by atoms with van der Waals surface area (Å²) < 4.78 is 8.55. The Kier molecular flexibility index (Phi) is 6.04. The first kappa shape index (κ1) is 22.0. The number of hydrogen-bond donors (Lipinski definition) is 1. The van der Waals surface area contributed by atoms with Gasteiger partial charge in [0.25, 0.3) is 5.56 Å². The van der Waals surface area contributed by atoms with E-state index in [9.17, 15) is 9.59 Å². The van der Waals surface area contributed by atoms with E-state index in [1.54, 1.807) is 28.9 Å². The Balaban J connectivity index is 1.25. The van der Waals surface area contributed by atoms with Gasteiger partial charge in [-0.25, -0.2) is 9.67 Å². The number of anilines is 1. The zero-order valence-electron chi connectivity index (χ0n) is 19.0. The summed E-state index contributed by atoms with van der Waals surface area (Å²) in [5.74, 6) is 1.01. The molecule has 0 saturated carbocycles. The standard InChI is InChI=1S/C26H22N6O3/c1-18-7-9-19(10-8-18)15-32-25-24(29-30-32)26(34)31(17-27-25)16-23(33)28-20-11-13-22(14-12-20)35-21-5-3-2-4-6-21/h2-14,17H,15-16H2,1H3,(H,28,33). The van der Waals surface area contributed by atoms with E-state index in [2.05, 4.69) is 20.6 Å². The molecule has 0 fully saturated rings. The molecule has 0 aliphatic carbocycles. The zero-order valence-corrected chi connectivity index (χ0v) is 19.0. The van der Waals surface area contributed by atoms with Crippen molar-refractivity contribution in [3.05, 3.63) is 107 Å². The number of fused-ring (bicyclic) bond motifs is 1. The molecule has 0 saturated heterocycles. The lowest BCUT2D eigenvalue weighted by Crippen LogP contribution is -2.28. The molecule has 1 N–H and O–H groups in total. The fraction of sp³-hybridized carbons (Fsp3) is 0.115. The second kappa shape index (κ2) is 9.60. The van der Waals surface area contributed by atoms with Gasteiger partial charge in [-0.1, -0.05) is 53.2 Å². The number of aromatic nitrogens is 5. The van der Waals surface area contributed by atoms with E-state index < -0.39 is 5.56 Å². The summed E-state index contributed by atoms with van der Waals surface area (Å²) in [6.07, 6.45) is 1.34. The Bertz CT molecular complexity index is 1520. The SMILES string of the molecule is Cc1ccc(Cn2nnc3c(=O)n(CC(=O)Nc4ccc(Oc5ccccc5)cc4)cnc32)cc1. The molecule has 0 spiro atoms. The molecule has 2 heterocycles. The molecule has 5 aromatic rings. The summed E-state index contributed by atoms with van der Waals surface area (Å²) in [7, 11) is 0. The topological polar surface area (TPSA) is 104 Å². The second-order valence-corrected chi connectivity index (χ2v) is 8.07. The third-order valence-corrected chi connectivity index (χ3v) is 5.38. The van der Waals surface area contributed by atoms with Crippen LogP contribution in [0.15, 0.2) is 90.0 Å². The number of hydrogen-bond acceptors (Lipinski definition) is 6. The molecule has 174 valence electrons. The number of nitrogens with zero attached hydrogens (tertiary/aromatic N) is 5. The van der Waals surface area contributed by atoms with Crippen LogP contribution in [0.3, 0.4) is 0 Å². The van der Waals surface area contributed by atoms with E-state index in [1.807, 2.05) is 61.5 Å². The molecule has 0 bridgehead atoms. The fourth-order valence-corrected chi connectivity index (χ4v) is 3.56. The molecule has 3 aromatic carbocycles. The van der Waals surface area contributed by atoms with E-state index in [-0.39, 0.29) is 18.0 Å². The number of nitrogens with one attached hydrogen (secondary N) is 1. The van der Waals surface area contributed by atoms with E-state index in [0.717, 1.165) is 16.9 Å². The first-order valence-electron chi connectivity index (χ1n) is 11.0. The summed E-state index contributed by atoms with van der Waals surface area (Å²) >= 11 is 0. The average molecular weight is 467 g/mol. The van der Waals surface area contributed by atoms with Gasteiger partial charge in [-0.05, 0) is 48.9 Å². The number of rotatable bonds is 7. The van der Waals surface area contributed by atoms with Crippen molar-refractivity contribution in [1.29, 1.82) is 0 Å².